The van der Waals surface area contributed by atoms with E-state index >= 15 is 0 Å². The van der Waals surface area contributed by atoms with E-state index in [2.05, 4.69) is 29.1 Å². The summed E-state index contributed by atoms with van der Waals surface area (Å²) in [6.07, 6.45) is 3.89. The Labute approximate surface area is 117 Å². The van der Waals surface area contributed by atoms with Crippen molar-refractivity contribution in [3.05, 3.63) is 54.0 Å². The lowest BCUT2D eigenvalue weighted by Gasteiger charge is -2.20. The molecule has 0 amide bonds. The smallest absolute Gasteiger partial charge is 0.207 e. The minimum absolute atomic E-state index is 0.274. The number of rotatable bonds is 7. The average Bonchev–Trinajstić information content (AvgIpc) is 2.34. The van der Waals surface area contributed by atoms with Crippen molar-refractivity contribution in [2.75, 3.05) is 13.1 Å². The van der Waals surface area contributed by atoms with E-state index < -0.39 is 10.0 Å². The van der Waals surface area contributed by atoms with Gasteiger partial charge < -0.3 is 0 Å². The molecule has 0 aliphatic carbocycles. The zero-order valence-electron chi connectivity index (χ0n) is 10.0. The Balaban J connectivity index is 3.12. The third-order valence-electron chi connectivity index (χ3n) is 2.37. The molecule has 0 radical (unpaired) electrons. The van der Waals surface area contributed by atoms with Crippen LogP contribution >= 0.6 is 15.9 Å². The SMILES string of the molecule is C=CCCN(CC=C)S(=O)(=O)c1ccccc1Br. The molecule has 0 unspecified atom stereocenters. The highest BCUT2D eigenvalue weighted by atomic mass is 79.9. The van der Waals surface area contributed by atoms with Crippen LogP contribution in [0.5, 0.6) is 0 Å². The molecule has 0 aliphatic heterocycles. The largest absolute Gasteiger partial charge is 0.244 e. The third-order valence-corrected chi connectivity index (χ3v) is 5.25. The molecule has 0 atom stereocenters. The minimum atomic E-state index is -3.50. The van der Waals surface area contributed by atoms with E-state index in [4.69, 9.17) is 0 Å². The molecule has 0 saturated heterocycles. The standard InChI is InChI=1S/C13H16BrNO2S/c1-3-5-11-15(10-4-2)18(16,17)13-9-7-6-8-12(13)14/h3-4,6-9H,1-2,5,10-11H2. The lowest BCUT2D eigenvalue weighted by Crippen LogP contribution is -2.32. The molecule has 0 aliphatic rings. The first kappa shape index (κ1) is 15.1. The predicted octanol–water partition coefficient (Wildman–Crippen LogP) is 3.20. The van der Waals surface area contributed by atoms with Gasteiger partial charge in [0.1, 0.15) is 0 Å². The van der Waals surface area contributed by atoms with E-state index in [0.29, 0.717) is 17.4 Å². The van der Waals surface area contributed by atoms with Crippen LogP contribution in [0.15, 0.2) is 58.9 Å². The molecule has 0 heterocycles. The van der Waals surface area contributed by atoms with Crippen molar-refractivity contribution in [1.29, 1.82) is 0 Å². The van der Waals surface area contributed by atoms with Crippen LogP contribution < -0.4 is 0 Å². The van der Waals surface area contributed by atoms with Crippen molar-refractivity contribution in [1.82, 2.24) is 4.31 Å². The second-order valence-corrected chi connectivity index (χ2v) is 6.42. The van der Waals surface area contributed by atoms with Gasteiger partial charge in [0.2, 0.25) is 10.0 Å². The van der Waals surface area contributed by atoms with Crippen molar-refractivity contribution < 1.29 is 8.42 Å². The van der Waals surface area contributed by atoms with Gasteiger partial charge in [-0.1, -0.05) is 24.3 Å². The van der Waals surface area contributed by atoms with Gasteiger partial charge in [-0.15, -0.1) is 13.2 Å². The molecule has 1 aromatic carbocycles. The summed E-state index contributed by atoms with van der Waals surface area (Å²) in [4.78, 5) is 0.274. The van der Waals surface area contributed by atoms with Crippen LogP contribution in [0.25, 0.3) is 0 Å². The topological polar surface area (TPSA) is 37.4 Å². The second-order valence-electron chi connectivity index (χ2n) is 3.66. The number of halogens is 1. The molecule has 0 saturated carbocycles. The van der Waals surface area contributed by atoms with Crippen LogP contribution in [-0.4, -0.2) is 25.8 Å². The maximum absolute atomic E-state index is 12.5. The van der Waals surface area contributed by atoms with Gasteiger partial charge in [-0.2, -0.15) is 4.31 Å². The van der Waals surface area contributed by atoms with Gasteiger partial charge in [0.15, 0.2) is 0 Å². The van der Waals surface area contributed by atoms with Gasteiger partial charge in [-0.05, 0) is 34.5 Å². The summed E-state index contributed by atoms with van der Waals surface area (Å²) in [5, 5.41) is 0. The van der Waals surface area contributed by atoms with Crippen LogP contribution in [0.3, 0.4) is 0 Å². The number of sulfonamides is 1. The highest BCUT2D eigenvalue weighted by Crippen LogP contribution is 2.24. The lowest BCUT2D eigenvalue weighted by molar-refractivity contribution is 0.448. The molecular weight excluding hydrogens is 314 g/mol. The molecule has 5 heteroatoms. The van der Waals surface area contributed by atoms with E-state index in [-0.39, 0.29) is 11.4 Å². The predicted molar refractivity (Wildman–Crippen MR) is 77.9 cm³/mol. The molecule has 1 aromatic rings. The first-order valence-electron chi connectivity index (χ1n) is 5.50. The third kappa shape index (κ3) is 3.54. The van der Waals surface area contributed by atoms with Crippen LogP contribution in [-0.2, 0) is 10.0 Å². The maximum atomic E-state index is 12.5. The number of hydrogen-bond acceptors (Lipinski definition) is 2. The number of nitrogens with zero attached hydrogens (tertiary/aromatic N) is 1. The Morgan fingerprint density at radius 2 is 1.89 bits per heavy atom. The van der Waals surface area contributed by atoms with Crippen LogP contribution in [0.2, 0.25) is 0 Å². The van der Waals surface area contributed by atoms with E-state index in [0.717, 1.165) is 0 Å². The van der Waals surface area contributed by atoms with Crippen molar-refractivity contribution in [2.45, 2.75) is 11.3 Å². The van der Waals surface area contributed by atoms with Gasteiger partial charge >= 0.3 is 0 Å². The van der Waals surface area contributed by atoms with Gasteiger partial charge in [-0.3, -0.25) is 0 Å². The summed E-state index contributed by atoms with van der Waals surface area (Å²) in [5.41, 5.74) is 0. The summed E-state index contributed by atoms with van der Waals surface area (Å²) in [7, 11) is -3.50. The Hall–Kier alpha value is -0.910. The summed E-state index contributed by atoms with van der Waals surface area (Å²) >= 11 is 3.27. The Kier molecular flexibility index (Phi) is 5.78. The fourth-order valence-corrected chi connectivity index (χ4v) is 3.87. The van der Waals surface area contributed by atoms with Crippen molar-refractivity contribution in [3.8, 4) is 0 Å². The molecule has 0 bridgehead atoms. The maximum Gasteiger partial charge on any atom is 0.244 e. The molecule has 3 nitrogen and oxygen atoms in total. The van der Waals surface area contributed by atoms with E-state index in [1.165, 1.54) is 4.31 Å². The second kappa shape index (κ2) is 6.87. The Morgan fingerprint density at radius 3 is 2.44 bits per heavy atom. The van der Waals surface area contributed by atoms with Gasteiger partial charge in [0, 0.05) is 17.6 Å². The Bertz CT molecular complexity index is 526. The summed E-state index contributed by atoms with van der Waals surface area (Å²) in [5.74, 6) is 0. The molecule has 1 rings (SSSR count). The van der Waals surface area contributed by atoms with Crippen molar-refractivity contribution in [3.63, 3.8) is 0 Å². The van der Waals surface area contributed by atoms with Gasteiger partial charge in [0.05, 0.1) is 4.90 Å². The van der Waals surface area contributed by atoms with E-state index in [1.54, 1.807) is 36.4 Å². The van der Waals surface area contributed by atoms with Gasteiger partial charge in [-0.25, -0.2) is 8.42 Å². The first-order valence-corrected chi connectivity index (χ1v) is 7.73. The van der Waals surface area contributed by atoms with Crippen LogP contribution in [0.1, 0.15) is 6.42 Å². The lowest BCUT2D eigenvalue weighted by atomic mass is 10.4. The molecule has 98 valence electrons. The zero-order valence-corrected chi connectivity index (χ0v) is 12.5. The summed E-state index contributed by atoms with van der Waals surface area (Å²) in [6, 6.07) is 6.79. The fourth-order valence-electron chi connectivity index (χ4n) is 1.48. The van der Waals surface area contributed by atoms with E-state index in [1.807, 2.05) is 0 Å². The summed E-state index contributed by atoms with van der Waals surface area (Å²) < 4.78 is 26.9. The first-order chi connectivity index (χ1) is 8.54. The van der Waals surface area contributed by atoms with Crippen LogP contribution in [0.4, 0.5) is 0 Å². The highest BCUT2D eigenvalue weighted by Gasteiger charge is 2.24. The fraction of sp³-hybridized carbons (Fsp3) is 0.231. The average molecular weight is 330 g/mol. The monoisotopic (exact) mass is 329 g/mol. The zero-order chi connectivity index (χ0) is 13.6. The molecule has 0 aromatic heterocycles. The normalized spacial score (nSPS) is 11.4. The van der Waals surface area contributed by atoms with Crippen LogP contribution in [0, 0.1) is 0 Å². The molecule has 0 fully saturated rings. The quantitative estimate of drug-likeness (QED) is 0.720. The highest BCUT2D eigenvalue weighted by molar-refractivity contribution is 9.10. The van der Waals surface area contributed by atoms with Crippen molar-refractivity contribution in [2.24, 2.45) is 0 Å². The Morgan fingerprint density at radius 1 is 1.22 bits per heavy atom. The summed E-state index contributed by atoms with van der Waals surface area (Å²) in [6.45, 7) is 7.89. The molecule has 0 N–H and O–H groups in total. The van der Waals surface area contributed by atoms with Gasteiger partial charge in [0.25, 0.3) is 0 Å². The molecule has 0 spiro atoms. The number of hydrogen-bond donors (Lipinski definition) is 0. The van der Waals surface area contributed by atoms with Crippen molar-refractivity contribution >= 4 is 26.0 Å². The molecule has 18 heavy (non-hydrogen) atoms. The number of benzene rings is 1. The minimum Gasteiger partial charge on any atom is -0.207 e. The van der Waals surface area contributed by atoms with E-state index in [9.17, 15) is 8.42 Å². The molecular formula is C13H16BrNO2S.